The van der Waals surface area contributed by atoms with Crippen LogP contribution < -0.4 is 20.7 Å². The Morgan fingerprint density at radius 1 is 0.393 bits per heavy atom. The summed E-state index contributed by atoms with van der Waals surface area (Å²) in [5.41, 5.74) is 0. The van der Waals surface area contributed by atoms with E-state index in [1.807, 2.05) is 0 Å². The molecule has 0 amide bonds. The number of hydrogen-bond donors (Lipinski definition) is 0. The molecule has 0 bridgehead atoms. The fourth-order valence-electron chi connectivity index (χ4n) is 4.65. The van der Waals surface area contributed by atoms with Crippen LogP contribution in [0.15, 0.2) is 36.4 Å². The van der Waals surface area contributed by atoms with E-state index >= 15 is 0 Å². The standard InChI is InChI=1S/C24H30Si4/c1-25(2)19-13-20(26(3)4)16-11-12-18-22(28(7)8)14-21(27(5)6)17-10-9-15(19)23(16)24(17)18/h9-14H,1-8H3. The van der Waals surface area contributed by atoms with Gasteiger partial charge in [-0.05, 0) is 32.3 Å². The van der Waals surface area contributed by atoms with Crippen LogP contribution in [-0.2, 0) is 0 Å². The van der Waals surface area contributed by atoms with Crippen LogP contribution in [0.4, 0.5) is 0 Å². The second kappa shape index (κ2) is 7.24. The lowest BCUT2D eigenvalue weighted by Gasteiger charge is -2.23. The lowest BCUT2D eigenvalue weighted by molar-refractivity contribution is 1.81. The van der Waals surface area contributed by atoms with Crippen molar-refractivity contribution in [2.45, 2.75) is 52.4 Å². The first-order chi connectivity index (χ1) is 13.2. The Morgan fingerprint density at radius 2 is 0.607 bits per heavy atom. The maximum atomic E-state index is 2.58. The van der Waals surface area contributed by atoms with Gasteiger partial charge in [0.15, 0.2) is 0 Å². The molecule has 0 aliphatic carbocycles. The van der Waals surface area contributed by atoms with Gasteiger partial charge in [-0.2, -0.15) is 0 Å². The smallest absolute Gasteiger partial charge is 0.0671 e. The molecular weight excluding hydrogens is 401 g/mol. The Hall–Kier alpha value is -1.21. The highest BCUT2D eigenvalue weighted by atomic mass is 28.3. The van der Waals surface area contributed by atoms with Gasteiger partial charge >= 0.3 is 0 Å². The Bertz CT molecular complexity index is 994. The SMILES string of the molecule is C[Si](C)c1cc([Si](C)C)c2ccc3c([Si](C)C)cc([Si](C)C)c4ccc1c2c43. The maximum absolute atomic E-state index is 2.58. The van der Waals surface area contributed by atoms with Crippen LogP contribution in [0.1, 0.15) is 0 Å². The van der Waals surface area contributed by atoms with Gasteiger partial charge in [-0.1, -0.05) is 110 Å². The summed E-state index contributed by atoms with van der Waals surface area (Å²) in [5, 5.41) is 15.8. The van der Waals surface area contributed by atoms with E-state index in [2.05, 4.69) is 88.8 Å². The monoisotopic (exact) mass is 430 g/mol. The summed E-state index contributed by atoms with van der Waals surface area (Å²) in [6.07, 6.45) is 0. The van der Waals surface area contributed by atoms with Gasteiger partial charge in [-0.3, -0.25) is 0 Å². The lowest BCUT2D eigenvalue weighted by atomic mass is 9.94. The highest BCUT2D eigenvalue weighted by molar-refractivity contribution is 6.80. The summed E-state index contributed by atoms with van der Waals surface area (Å²) in [6.45, 7) is 19.6. The molecule has 0 aromatic heterocycles. The topological polar surface area (TPSA) is 0 Å². The van der Waals surface area contributed by atoms with Crippen molar-refractivity contribution in [1.82, 2.24) is 0 Å². The van der Waals surface area contributed by atoms with Gasteiger partial charge in [-0.15, -0.1) is 0 Å². The quantitative estimate of drug-likeness (QED) is 0.332. The van der Waals surface area contributed by atoms with Crippen LogP contribution in [-0.4, -0.2) is 35.2 Å². The molecule has 28 heavy (non-hydrogen) atoms. The van der Waals surface area contributed by atoms with Crippen molar-refractivity contribution in [2.75, 3.05) is 0 Å². The van der Waals surface area contributed by atoms with Crippen LogP contribution in [0.2, 0.25) is 52.4 Å². The van der Waals surface area contributed by atoms with E-state index in [1.54, 1.807) is 31.5 Å². The Labute approximate surface area is 176 Å². The van der Waals surface area contributed by atoms with Gasteiger partial charge in [0.1, 0.15) is 0 Å². The normalized spacial score (nSPS) is 12.9. The predicted octanol–water partition coefficient (Wildman–Crippen LogP) is 4.43. The van der Waals surface area contributed by atoms with Crippen molar-refractivity contribution in [1.29, 1.82) is 0 Å². The number of hydrogen-bond acceptors (Lipinski definition) is 0. The van der Waals surface area contributed by atoms with Gasteiger partial charge in [0.2, 0.25) is 0 Å². The molecule has 0 saturated carbocycles. The highest BCUT2D eigenvalue weighted by Crippen LogP contribution is 2.32. The molecule has 4 heteroatoms. The third-order valence-electron chi connectivity index (χ3n) is 6.05. The molecule has 0 heterocycles. The average Bonchev–Trinajstić information content (AvgIpc) is 2.64. The van der Waals surface area contributed by atoms with E-state index in [1.165, 1.54) is 21.5 Å². The van der Waals surface area contributed by atoms with Gasteiger partial charge in [0.05, 0.1) is 35.2 Å². The fourth-order valence-corrected chi connectivity index (χ4v) is 9.66. The van der Waals surface area contributed by atoms with Gasteiger partial charge in [0.25, 0.3) is 0 Å². The van der Waals surface area contributed by atoms with E-state index in [9.17, 15) is 0 Å². The Balaban J connectivity index is 2.33. The highest BCUT2D eigenvalue weighted by Gasteiger charge is 2.22. The lowest BCUT2D eigenvalue weighted by Crippen LogP contribution is -2.35. The third kappa shape index (κ3) is 2.96. The summed E-state index contributed by atoms with van der Waals surface area (Å²) in [7, 11) is -2.05. The second-order valence-corrected chi connectivity index (χ2v) is 19.2. The van der Waals surface area contributed by atoms with Crippen LogP contribution in [0, 0.1) is 0 Å². The van der Waals surface area contributed by atoms with Crippen molar-refractivity contribution in [2.24, 2.45) is 0 Å². The van der Waals surface area contributed by atoms with Crippen molar-refractivity contribution in [3.63, 3.8) is 0 Å². The molecular formula is C24H30Si4. The minimum atomic E-state index is -0.513. The molecule has 0 saturated heterocycles. The van der Waals surface area contributed by atoms with Crippen LogP contribution in [0.5, 0.6) is 0 Å². The molecule has 4 aromatic rings. The molecule has 0 fully saturated rings. The summed E-state index contributed by atoms with van der Waals surface area (Å²) in [5.74, 6) is 0. The third-order valence-corrected chi connectivity index (χ3v) is 12.0. The minimum absolute atomic E-state index is 0.513. The van der Waals surface area contributed by atoms with E-state index in [-0.39, 0.29) is 0 Å². The molecule has 0 aliphatic rings. The van der Waals surface area contributed by atoms with Crippen LogP contribution in [0.3, 0.4) is 0 Å². The first-order valence-electron chi connectivity index (χ1n) is 10.2. The molecule has 0 spiro atoms. The Kier molecular flexibility index (Phi) is 5.19. The van der Waals surface area contributed by atoms with E-state index < -0.39 is 35.2 Å². The summed E-state index contributed by atoms with van der Waals surface area (Å²) in [4.78, 5) is 0. The van der Waals surface area contributed by atoms with Crippen LogP contribution >= 0.6 is 0 Å². The van der Waals surface area contributed by atoms with Crippen molar-refractivity contribution in [3.8, 4) is 0 Å². The fraction of sp³-hybridized carbons (Fsp3) is 0.333. The second-order valence-electron chi connectivity index (χ2n) is 9.01. The van der Waals surface area contributed by atoms with E-state index in [0.29, 0.717) is 0 Å². The maximum Gasteiger partial charge on any atom is 0.0799 e. The predicted molar refractivity (Wildman–Crippen MR) is 139 cm³/mol. The van der Waals surface area contributed by atoms with E-state index in [4.69, 9.17) is 0 Å². The molecule has 0 atom stereocenters. The van der Waals surface area contributed by atoms with Crippen molar-refractivity contribution < 1.29 is 0 Å². The van der Waals surface area contributed by atoms with Gasteiger partial charge in [-0.25, -0.2) is 0 Å². The Morgan fingerprint density at radius 3 is 0.786 bits per heavy atom. The first kappa shape index (κ1) is 20.1. The molecule has 4 radical (unpaired) electrons. The van der Waals surface area contributed by atoms with Gasteiger partial charge in [0, 0.05) is 0 Å². The van der Waals surface area contributed by atoms with Crippen LogP contribution in [0.25, 0.3) is 32.3 Å². The number of rotatable bonds is 4. The molecule has 142 valence electrons. The minimum Gasteiger partial charge on any atom is -0.0671 e. The molecule has 0 N–H and O–H groups in total. The zero-order valence-corrected chi connectivity index (χ0v) is 22.5. The van der Waals surface area contributed by atoms with Gasteiger partial charge < -0.3 is 0 Å². The zero-order chi connectivity index (χ0) is 20.3. The first-order valence-corrected chi connectivity index (χ1v) is 20.2. The largest absolute Gasteiger partial charge is 0.0799 e. The summed E-state index contributed by atoms with van der Waals surface area (Å²) < 4.78 is 0. The van der Waals surface area contributed by atoms with Crippen molar-refractivity contribution in [3.05, 3.63) is 36.4 Å². The summed E-state index contributed by atoms with van der Waals surface area (Å²) >= 11 is 0. The molecule has 0 nitrogen and oxygen atoms in total. The number of benzene rings is 4. The van der Waals surface area contributed by atoms with Crippen molar-refractivity contribution >= 4 is 88.3 Å². The average molecular weight is 431 g/mol. The van der Waals surface area contributed by atoms with E-state index in [0.717, 1.165) is 0 Å². The summed E-state index contributed by atoms with van der Waals surface area (Å²) in [6, 6.07) is 15.0. The molecule has 0 unspecified atom stereocenters. The molecule has 4 rings (SSSR count). The zero-order valence-electron chi connectivity index (χ0n) is 18.5. The molecule has 0 aliphatic heterocycles. The molecule has 4 aromatic carbocycles.